The zero-order valence-corrected chi connectivity index (χ0v) is 8.51. The van der Waals surface area contributed by atoms with Gasteiger partial charge in [-0.25, -0.2) is 4.39 Å². The molecule has 0 saturated carbocycles. The van der Waals surface area contributed by atoms with Crippen LogP contribution in [0.15, 0.2) is 36.4 Å². The third-order valence-corrected chi connectivity index (χ3v) is 2.69. The minimum atomic E-state index is -0.116. The van der Waals surface area contributed by atoms with Crippen molar-refractivity contribution in [2.75, 3.05) is 0 Å². The molecule has 0 spiro atoms. The van der Waals surface area contributed by atoms with Crippen LogP contribution in [0.5, 0.6) is 0 Å². The SMILES string of the molecule is Fc1c(CBr)ccc2ccccc12. The fraction of sp³-hybridized carbons (Fsp3) is 0.0909. The van der Waals surface area contributed by atoms with Crippen LogP contribution in [0.2, 0.25) is 0 Å². The van der Waals surface area contributed by atoms with Crippen LogP contribution in [0.25, 0.3) is 10.8 Å². The molecular weight excluding hydrogens is 231 g/mol. The van der Waals surface area contributed by atoms with Gasteiger partial charge in [0.05, 0.1) is 0 Å². The van der Waals surface area contributed by atoms with Crippen molar-refractivity contribution in [3.05, 3.63) is 47.8 Å². The molecule has 0 aliphatic heterocycles. The standard InChI is InChI=1S/C11H8BrF/c12-7-9-6-5-8-3-1-2-4-10(8)11(9)13/h1-6H,7H2. The lowest BCUT2D eigenvalue weighted by Gasteiger charge is -2.02. The number of fused-ring (bicyclic) bond motifs is 1. The van der Waals surface area contributed by atoms with Gasteiger partial charge in [0.25, 0.3) is 0 Å². The minimum absolute atomic E-state index is 0.116. The number of hydrogen-bond acceptors (Lipinski definition) is 0. The van der Waals surface area contributed by atoms with E-state index in [4.69, 9.17) is 0 Å². The Hall–Kier alpha value is -0.890. The molecule has 0 radical (unpaired) electrons. The number of alkyl halides is 1. The third kappa shape index (κ3) is 1.46. The lowest BCUT2D eigenvalue weighted by molar-refractivity contribution is 0.630. The Kier molecular flexibility index (Phi) is 2.32. The molecule has 2 heteroatoms. The van der Waals surface area contributed by atoms with Crippen LogP contribution in [-0.2, 0) is 5.33 Å². The maximum absolute atomic E-state index is 13.6. The van der Waals surface area contributed by atoms with Gasteiger partial charge >= 0.3 is 0 Å². The average Bonchev–Trinajstić information content (AvgIpc) is 2.19. The van der Waals surface area contributed by atoms with Crippen molar-refractivity contribution in [3.8, 4) is 0 Å². The third-order valence-electron chi connectivity index (χ3n) is 2.09. The first kappa shape index (κ1) is 8.70. The van der Waals surface area contributed by atoms with Gasteiger partial charge in [-0.2, -0.15) is 0 Å². The van der Waals surface area contributed by atoms with Gasteiger partial charge in [-0.05, 0) is 10.9 Å². The predicted molar refractivity (Wildman–Crippen MR) is 56.5 cm³/mol. The van der Waals surface area contributed by atoms with E-state index in [0.717, 1.165) is 5.39 Å². The second kappa shape index (κ2) is 3.46. The van der Waals surface area contributed by atoms with Gasteiger partial charge in [0.15, 0.2) is 0 Å². The van der Waals surface area contributed by atoms with E-state index in [1.54, 1.807) is 6.07 Å². The zero-order chi connectivity index (χ0) is 9.26. The van der Waals surface area contributed by atoms with E-state index in [9.17, 15) is 4.39 Å². The maximum atomic E-state index is 13.6. The van der Waals surface area contributed by atoms with E-state index in [1.165, 1.54) is 0 Å². The van der Waals surface area contributed by atoms with E-state index in [0.29, 0.717) is 16.3 Å². The summed E-state index contributed by atoms with van der Waals surface area (Å²) in [6.45, 7) is 0. The van der Waals surface area contributed by atoms with Crippen molar-refractivity contribution < 1.29 is 4.39 Å². The normalized spacial score (nSPS) is 10.6. The molecular formula is C11H8BrF. The van der Waals surface area contributed by atoms with Crippen LogP contribution >= 0.6 is 15.9 Å². The zero-order valence-electron chi connectivity index (χ0n) is 6.93. The molecule has 0 amide bonds. The molecule has 0 aliphatic carbocycles. The molecule has 0 atom stereocenters. The number of halogens is 2. The van der Waals surface area contributed by atoms with Crippen LogP contribution < -0.4 is 0 Å². The lowest BCUT2D eigenvalue weighted by atomic mass is 10.1. The summed E-state index contributed by atoms with van der Waals surface area (Å²) in [7, 11) is 0. The Labute approximate surface area is 84.5 Å². The summed E-state index contributed by atoms with van der Waals surface area (Å²) in [5, 5.41) is 2.20. The number of rotatable bonds is 1. The van der Waals surface area contributed by atoms with Gasteiger partial charge in [0.2, 0.25) is 0 Å². The van der Waals surface area contributed by atoms with Gasteiger partial charge in [0, 0.05) is 10.7 Å². The van der Waals surface area contributed by atoms with Gasteiger partial charge in [0.1, 0.15) is 5.82 Å². The molecule has 0 aliphatic rings. The van der Waals surface area contributed by atoms with E-state index < -0.39 is 0 Å². The summed E-state index contributed by atoms with van der Waals surface area (Å²) in [4.78, 5) is 0. The fourth-order valence-electron chi connectivity index (χ4n) is 1.38. The van der Waals surface area contributed by atoms with Crippen molar-refractivity contribution in [2.45, 2.75) is 5.33 Å². The van der Waals surface area contributed by atoms with Crippen LogP contribution in [0.1, 0.15) is 5.56 Å². The second-order valence-electron chi connectivity index (χ2n) is 2.89. The summed E-state index contributed by atoms with van der Waals surface area (Å²) < 4.78 is 13.6. The van der Waals surface area contributed by atoms with Crippen molar-refractivity contribution in [1.82, 2.24) is 0 Å². The summed E-state index contributed by atoms with van der Waals surface area (Å²) in [5.41, 5.74) is 0.707. The molecule has 66 valence electrons. The summed E-state index contributed by atoms with van der Waals surface area (Å²) >= 11 is 3.25. The fourth-order valence-corrected chi connectivity index (χ4v) is 1.82. The van der Waals surface area contributed by atoms with Crippen LogP contribution in [0.3, 0.4) is 0 Å². The van der Waals surface area contributed by atoms with Crippen molar-refractivity contribution in [3.63, 3.8) is 0 Å². The smallest absolute Gasteiger partial charge is 0.135 e. The Balaban J connectivity index is 2.79. The van der Waals surface area contributed by atoms with E-state index in [2.05, 4.69) is 15.9 Å². The number of hydrogen-bond donors (Lipinski definition) is 0. The molecule has 2 aromatic rings. The minimum Gasteiger partial charge on any atom is -0.206 e. The molecule has 0 N–H and O–H groups in total. The first-order valence-corrected chi connectivity index (χ1v) is 5.17. The van der Waals surface area contributed by atoms with E-state index >= 15 is 0 Å². The quantitative estimate of drug-likeness (QED) is 0.662. The maximum Gasteiger partial charge on any atom is 0.135 e. The van der Waals surface area contributed by atoms with Crippen LogP contribution in [-0.4, -0.2) is 0 Å². The lowest BCUT2D eigenvalue weighted by Crippen LogP contribution is -1.87. The molecule has 13 heavy (non-hydrogen) atoms. The highest BCUT2D eigenvalue weighted by atomic mass is 79.9. The highest BCUT2D eigenvalue weighted by Gasteiger charge is 2.04. The van der Waals surface area contributed by atoms with Crippen molar-refractivity contribution >= 4 is 26.7 Å². The Morgan fingerprint density at radius 1 is 1.08 bits per heavy atom. The molecule has 0 bridgehead atoms. The Morgan fingerprint density at radius 3 is 2.62 bits per heavy atom. The molecule has 2 aromatic carbocycles. The molecule has 2 rings (SSSR count). The Bertz CT molecular complexity index is 437. The summed E-state index contributed by atoms with van der Waals surface area (Å²) in [6.07, 6.45) is 0. The first-order chi connectivity index (χ1) is 6.33. The predicted octanol–water partition coefficient (Wildman–Crippen LogP) is 3.87. The molecule has 0 nitrogen and oxygen atoms in total. The van der Waals surface area contributed by atoms with Gasteiger partial charge in [-0.1, -0.05) is 52.3 Å². The first-order valence-electron chi connectivity index (χ1n) is 4.05. The van der Waals surface area contributed by atoms with Crippen molar-refractivity contribution in [2.24, 2.45) is 0 Å². The van der Waals surface area contributed by atoms with Gasteiger partial charge < -0.3 is 0 Å². The molecule has 0 saturated heterocycles. The van der Waals surface area contributed by atoms with Crippen LogP contribution in [0, 0.1) is 5.82 Å². The Morgan fingerprint density at radius 2 is 1.85 bits per heavy atom. The summed E-state index contributed by atoms with van der Waals surface area (Å²) in [5.74, 6) is -0.116. The van der Waals surface area contributed by atoms with E-state index in [-0.39, 0.29) is 5.82 Å². The highest BCUT2D eigenvalue weighted by Crippen LogP contribution is 2.22. The molecule has 0 fully saturated rings. The largest absolute Gasteiger partial charge is 0.206 e. The average molecular weight is 239 g/mol. The van der Waals surface area contributed by atoms with Crippen LogP contribution in [0.4, 0.5) is 4.39 Å². The van der Waals surface area contributed by atoms with E-state index in [1.807, 2.05) is 30.3 Å². The van der Waals surface area contributed by atoms with Gasteiger partial charge in [-0.3, -0.25) is 0 Å². The topological polar surface area (TPSA) is 0 Å². The number of benzene rings is 2. The molecule has 0 aromatic heterocycles. The monoisotopic (exact) mass is 238 g/mol. The highest BCUT2D eigenvalue weighted by molar-refractivity contribution is 9.08. The molecule has 0 unspecified atom stereocenters. The summed E-state index contributed by atoms with van der Waals surface area (Å²) in [6, 6.07) is 11.2. The van der Waals surface area contributed by atoms with Crippen molar-refractivity contribution in [1.29, 1.82) is 0 Å². The molecule has 0 heterocycles. The van der Waals surface area contributed by atoms with Gasteiger partial charge in [-0.15, -0.1) is 0 Å². The second-order valence-corrected chi connectivity index (χ2v) is 3.45.